The lowest BCUT2D eigenvalue weighted by Crippen LogP contribution is -2.39. The van der Waals surface area contributed by atoms with Gasteiger partial charge in [-0.15, -0.1) is 0 Å². The van der Waals surface area contributed by atoms with Gasteiger partial charge in [-0.1, -0.05) is 0 Å². The van der Waals surface area contributed by atoms with Crippen LogP contribution < -0.4 is 5.32 Å². The Morgan fingerprint density at radius 2 is 2.11 bits per heavy atom. The number of cyclic esters (lactones) is 1. The molecule has 7 nitrogen and oxygen atoms in total. The van der Waals surface area contributed by atoms with Crippen molar-refractivity contribution in [1.82, 2.24) is 9.88 Å². The Morgan fingerprint density at radius 1 is 1.26 bits per heavy atom. The van der Waals surface area contributed by atoms with Crippen molar-refractivity contribution in [2.75, 3.05) is 18.5 Å². The second-order valence-electron chi connectivity index (χ2n) is 6.75. The molecule has 0 unspecified atom stereocenters. The molecule has 1 aromatic carbocycles. The smallest absolute Gasteiger partial charge is 0.338 e. The first-order valence-electron chi connectivity index (χ1n) is 9.05. The van der Waals surface area contributed by atoms with Gasteiger partial charge >= 0.3 is 12.0 Å². The molecule has 0 saturated carbocycles. The van der Waals surface area contributed by atoms with Crippen LogP contribution in [0.1, 0.15) is 34.3 Å². The fourth-order valence-corrected chi connectivity index (χ4v) is 3.38. The number of pyridine rings is 1. The molecular formula is C20H21N3O4. The zero-order chi connectivity index (χ0) is 18.6. The number of fused-ring (bicyclic) bond motifs is 1. The Morgan fingerprint density at radius 3 is 2.89 bits per heavy atom. The lowest BCUT2D eigenvalue weighted by Gasteiger charge is -2.26. The summed E-state index contributed by atoms with van der Waals surface area (Å²) in [6.45, 7) is 1.99. The van der Waals surface area contributed by atoms with E-state index >= 15 is 0 Å². The number of amides is 2. The van der Waals surface area contributed by atoms with Gasteiger partial charge in [-0.25, -0.2) is 9.59 Å². The third-order valence-corrected chi connectivity index (χ3v) is 4.79. The van der Waals surface area contributed by atoms with E-state index in [0.717, 1.165) is 30.6 Å². The highest BCUT2D eigenvalue weighted by Crippen LogP contribution is 2.24. The van der Waals surface area contributed by atoms with Crippen molar-refractivity contribution in [3.05, 3.63) is 59.4 Å². The van der Waals surface area contributed by atoms with E-state index in [0.29, 0.717) is 24.3 Å². The molecule has 140 valence electrons. The van der Waals surface area contributed by atoms with Gasteiger partial charge in [-0.3, -0.25) is 4.98 Å². The predicted molar refractivity (Wildman–Crippen MR) is 98.2 cm³/mol. The van der Waals surface area contributed by atoms with Crippen LogP contribution in [0.4, 0.5) is 10.5 Å². The maximum absolute atomic E-state index is 12.9. The minimum atomic E-state index is -0.319. The summed E-state index contributed by atoms with van der Waals surface area (Å²) in [6, 6.07) is 8.79. The maximum atomic E-state index is 12.9. The Labute approximate surface area is 157 Å². The highest BCUT2D eigenvalue weighted by molar-refractivity contribution is 5.95. The van der Waals surface area contributed by atoms with Gasteiger partial charge in [-0.2, -0.15) is 0 Å². The average Bonchev–Trinajstić information content (AvgIpc) is 3.32. The fraction of sp³-hybridized carbons (Fsp3) is 0.350. The third kappa shape index (κ3) is 4.09. The molecule has 0 spiro atoms. The monoisotopic (exact) mass is 367 g/mol. The number of carbonyl (C=O) groups excluding carboxylic acids is 2. The Hall–Kier alpha value is -2.93. The largest absolute Gasteiger partial charge is 0.457 e. The molecule has 2 aliphatic rings. The molecule has 3 heterocycles. The van der Waals surface area contributed by atoms with Crippen molar-refractivity contribution in [1.29, 1.82) is 0 Å². The number of ether oxygens (including phenoxy) is 2. The van der Waals surface area contributed by atoms with Crippen molar-refractivity contribution in [3.8, 4) is 0 Å². The number of nitrogens with one attached hydrogen (secondary N) is 1. The van der Waals surface area contributed by atoms with Crippen molar-refractivity contribution in [2.24, 2.45) is 0 Å². The molecule has 0 radical (unpaired) electrons. The standard InChI is InChI=1S/C20H21N3O4/c24-19-18-4-3-16(10-15(18)13-27-19)22-20(25)23(12-17-2-1-9-26-17)11-14-5-7-21-8-6-14/h3-8,10,17H,1-2,9,11-13H2,(H,22,25)/t17-/m0/s1. The van der Waals surface area contributed by atoms with Gasteiger partial charge in [0.15, 0.2) is 0 Å². The lowest BCUT2D eigenvalue weighted by atomic mass is 10.1. The van der Waals surface area contributed by atoms with Crippen LogP contribution >= 0.6 is 0 Å². The van der Waals surface area contributed by atoms with Gasteiger partial charge < -0.3 is 19.7 Å². The molecule has 2 aliphatic heterocycles. The van der Waals surface area contributed by atoms with Gasteiger partial charge in [0, 0.05) is 43.3 Å². The van der Waals surface area contributed by atoms with Crippen molar-refractivity contribution < 1.29 is 19.1 Å². The molecule has 27 heavy (non-hydrogen) atoms. The number of esters is 1. The summed E-state index contributed by atoms with van der Waals surface area (Å²) in [5, 5.41) is 2.93. The van der Waals surface area contributed by atoms with E-state index in [9.17, 15) is 9.59 Å². The minimum Gasteiger partial charge on any atom is -0.457 e. The summed E-state index contributed by atoms with van der Waals surface area (Å²) < 4.78 is 10.7. The highest BCUT2D eigenvalue weighted by atomic mass is 16.5. The maximum Gasteiger partial charge on any atom is 0.338 e. The van der Waals surface area contributed by atoms with Gasteiger partial charge in [0.25, 0.3) is 0 Å². The van der Waals surface area contributed by atoms with Gasteiger partial charge in [0.2, 0.25) is 0 Å². The zero-order valence-electron chi connectivity index (χ0n) is 14.9. The van der Waals surface area contributed by atoms with Gasteiger partial charge in [0.05, 0.1) is 11.7 Å². The van der Waals surface area contributed by atoms with Crippen LogP contribution in [0.15, 0.2) is 42.7 Å². The van der Waals surface area contributed by atoms with Crippen LogP contribution in [0.3, 0.4) is 0 Å². The van der Waals surface area contributed by atoms with Crippen LogP contribution in [0, 0.1) is 0 Å². The van der Waals surface area contributed by atoms with E-state index in [-0.39, 0.29) is 24.7 Å². The summed E-state index contributed by atoms with van der Waals surface area (Å²) in [5.74, 6) is -0.319. The normalized spacial score (nSPS) is 18.1. The number of rotatable bonds is 5. The molecular weight excluding hydrogens is 346 g/mol. The predicted octanol–water partition coefficient (Wildman–Crippen LogP) is 2.97. The number of hydrogen-bond acceptors (Lipinski definition) is 5. The van der Waals surface area contributed by atoms with E-state index in [1.165, 1.54) is 0 Å². The third-order valence-electron chi connectivity index (χ3n) is 4.79. The highest BCUT2D eigenvalue weighted by Gasteiger charge is 2.24. The summed E-state index contributed by atoms with van der Waals surface area (Å²) in [4.78, 5) is 30.3. The van der Waals surface area contributed by atoms with Gasteiger partial charge in [-0.05, 0) is 48.7 Å². The Balaban J connectivity index is 1.48. The molecule has 1 saturated heterocycles. The number of anilines is 1. The van der Waals surface area contributed by atoms with Crippen LogP contribution in [-0.4, -0.2) is 41.1 Å². The van der Waals surface area contributed by atoms with Crippen LogP contribution in [0.25, 0.3) is 0 Å². The second-order valence-corrected chi connectivity index (χ2v) is 6.75. The second kappa shape index (κ2) is 7.75. The van der Waals surface area contributed by atoms with Crippen LogP contribution in [0.5, 0.6) is 0 Å². The molecule has 0 bridgehead atoms. The summed E-state index contributed by atoms with van der Waals surface area (Å²) >= 11 is 0. The molecule has 1 fully saturated rings. The average molecular weight is 367 g/mol. The summed E-state index contributed by atoms with van der Waals surface area (Å²) in [7, 11) is 0. The van der Waals surface area contributed by atoms with E-state index in [1.54, 1.807) is 35.5 Å². The van der Waals surface area contributed by atoms with Crippen molar-refractivity contribution >= 4 is 17.7 Å². The molecule has 1 N–H and O–H groups in total. The fourth-order valence-electron chi connectivity index (χ4n) is 3.38. The molecule has 4 rings (SSSR count). The number of benzene rings is 1. The molecule has 1 aromatic heterocycles. The molecule has 1 atom stereocenters. The molecule has 7 heteroatoms. The van der Waals surface area contributed by atoms with Crippen molar-refractivity contribution in [2.45, 2.75) is 32.1 Å². The minimum absolute atomic E-state index is 0.0589. The number of aromatic nitrogens is 1. The number of carbonyl (C=O) groups is 2. The van der Waals surface area contributed by atoms with E-state index < -0.39 is 0 Å². The zero-order valence-corrected chi connectivity index (χ0v) is 14.9. The molecule has 2 amide bonds. The topological polar surface area (TPSA) is 80.8 Å². The summed E-state index contributed by atoms with van der Waals surface area (Å²) in [6.07, 6.45) is 5.47. The lowest BCUT2D eigenvalue weighted by molar-refractivity contribution is 0.0535. The first-order valence-corrected chi connectivity index (χ1v) is 9.05. The van der Waals surface area contributed by atoms with Crippen LogP contribution in [-0.2, 0) is 22.6 Å². The quantitative estimate of drug-likeness (QED) is 0.822. The first kappa shape index (κ1) is 17.5. The van der Waals surface area contributed by atoms with E-state index in [2.05, 4.69) is 10.3 Å². The molecule has 0 aliphatic carbocycles. The first-order chi connectivity index (χ1) is 13.2. The number of urea groups is 1. The number of nitrogens with zero attached hydrogens (tertiary/aromatic N) is 2. The molecule has 2 aromatic rings. The van der Waals surface area contributed by atoms with Crippen LogP contribution in [0.2, 0.25) is 0 Å². The van der Waals surface area contributed by atoms with E-state index in [4.69, 9.17) is 9.47 Å². The Bertz CT molecular complexity index is 834. The SMILES string of the molecule is O=C1OCc2cc(NC(=O)N(Cc3ccncc3)C[C@@H]3CCCO3)ccc21. The summed E-state index contributed by atoms with van der Waals surface area (Å²) in [5.41, 5.74) is 2.99. The Kier molecular flexibility index (Phi) is 5.02. The number of hydrogen-bond donors (Lipinski definition) is 1. The van der Waals surface area contributed by atoms with Crippen molar-refractivity contribution in [3.63, 3.8) is 0 Å². The van der Waals surface area contributed by atoms with Gasteiger partial charge in [0.1, 0.15) is 6.61 Å². The van der Waals surface area contributed by atoms with E-state index in [1.807, 2.05) is 12.1 Å².